The van der Waals surface area contributed by atoms with Crippen LogP contribution in [-0.4, -0.2) is 62.2 Å². The maximum atomic E-state index is 12.0. The number of carboxylic acid groups (broad SMARTS) is 1. The summed E-state index contributed by atoms with van der Waals surface area (Å²) in [5.41, 5.74) is 10.2. The van der Waals surface area contributed by atoms with Crippen LogP contribution in [0.15, 0.2) is 4.42 Å². The molecule has 1 fully saturated rings. The van der Waals surface area contributed by atoms with Gasteiger partial charge in [0.15, 0.2) is 6.04 Å². The molecule has 2 unspecified atom stereocenters. The molecule has 1 saturated carbocycles. The number of aliphatic carboxylic acids is 1. The Bertz CT molecular complexity index is 702. The van der Waals surface area contributed by atoms with Crippen molar-refractivity contribution < 1.29 is 34.1 Å². The molecule has 1 aliphatic rings. The van der Waals surface area contributed by atoms with Crippen LogP contribution in [0, 0.1) is 0 Å². The van der Waals surface area contributed by atoms with Gasteiger partial charge >= 0.3 is 12.0 Å². The Balaban J connectivity index is 2.10. The van der Waals surface area contributed by atoms with Crippen molar-refractivity contribution in [1.82, 2.24) is 20.8 Å². The number of nitrogens with zero attached hydrogens (tertiary/aromatic N) is 2. The largest absolute Gasteiger partial charge is 0.480 e. The molecule has 2 atom stereocenters. The molecule has 0 aromatic carbocycles. The Morgan fingerprint density at radius 2 is 1.96 bits per heavy atom. The molecule has 1 heterocycles. The SMILES string of the molecule is NC(=O)CCC(NC(=O)NC(CO)C(=O)O)c1nnc(C2(N)CC(O)C2)o1. The predicted octanol–water partition coefficient (Wildman–Crippen LogP) is -2.57. The van der Waals surface area contributed by atoms with E-state index in [2.05, 4.69) is 20.8 Å². The first kappa shape index (κ1) is 20.5. The number of carbonyl (C=O) groups excluding carboxylic acids is 2. The fourth-order valence-electron chi connectivity index (χ4n) is 2.62. The van der Waals surface area contributed by atoms with Crippen LogP contribution < -0.4 is 22.1 Å². The topological polar surface area (TPSA) is 227 Å². The van der Waals surface area contributed by atoms with Gasteiger partial charge in [0.2, 0.25) is 17.7 Å². The van der Waals surface area contributed by atoms with Gasteiger partial charge in [0.25, 0.3) is 0 Å². The first-order chi connectivity index (χ1) is 12.6. The van der Waals surface area contributed by atoms with Gasteiger partial charge in [0.05, 0.1) is 18.2 Å². The third-order valence-corrected chi connectivity index (χ3v) is 4.14. The van der Waals surface area contributed by atoms with E-state index >= 15 is 0 Å². The lowest BCUT2D eigenvalue weighted by Gasteiger charge is -2.38. The van der Waals surface area contributed by atoms with E-state index in [9.17, 15) is 19.5 Å². The van der Waals surface area contributed by atoms with E-state index in [1.165, 1.54) is 0 Å². The van der Waals surface area contributed by atoms with Crippen molar-refractivity contribution in [3.05, 3.63) is 11.8 Å². The lowest BCUT2D eigenvalue weighted by Crippen LogP contribution is -2.51. The van der Waals surface area contributed by atoms with E-state index in [-0.39, 0.29) is 37.5 Å². The Hall–Kier alpha value is -2.77. The van der Waals surface area contributed by atoms with E-state index in [4.69, 9.17) is 26.1 Å². The van der Waals surface area contributed by atoms with Crippen molar-refractivity contribution in [1.29, 1.82) is 0 Å². The monoisotopic (exact) mass is 386 g/mol. The molecule has 13 nitrogen and oxygen atoms in total. The molecular weight excluding hydrogens is 364 g/mol. The number of amides is 3. The summed E-state index contributed by atoms with van der Waals surface area (Å²) in [6.45, 7) is -0.808. The Morgan fingerprint density at radius 3 is 2.48 bits per heavy atom. The summed E-state index contributed by atoms with van der Waals surface area (Å²) < 4.78 is 5.49. The van der Waals surface area contributed by atoms with Crippen LogP contribution in [0.25, 0.3) is 0 Å². The van der Waals surface area contributed by atoms with Crippen LogP contribution in [0.5, 0.6) is 0 Å². The quantitative estimate of drug-likeness (QED) is 0.234. The van der Waals surface area contributed by atoms with Crippen LogP contribution in [0.4, 0.5) is 4.79 Å². The minimum Gasteiger partial charge on any atom is -0.480 e. The molecule has 3 amide bonds. The Labute approximate surface area is 153 Å². The van der Waals surface area contributed by atoms with Crippen LogP contribution in [0.2, 0.25) is 0 Å². The number of hydrogen-bond acceptors (Lipinski definition) is 9. The van der Waals surface area contributed by atoms with Gasteiger partial charge in [0, 0.05) is 19.3 Å². The molecule has 1 aliphatic carbocycles. The molecule has 0 saturated heterocycles. The zero-order chi connectivity index (χ0) is 20.2. The molecule has 0 bridgehead atoms. The van der Waals surface area contributed by atoms with Gasteiger partial charge in [-0.1, -0.05) is 0 Å². The van der Waals surface area contributed by atoms with E-state index in [1.807, 2.05) is 0 Å². The molecule has 0 radical (unpaired) electrons. The highest BCUT2D eigenvalue weighted by molar-refractivity contribution is 5.82. The average Bonchev–Trinajstić information content (AvgIpc) is 3.05. The number of hydrogen-bond donors (Lipinski definition) is 7. The number of aliphatic hydroxyl groups is 2. The molecule has 0 spiro atoms. The lowest BCUT2D eigenvalue weighted by atomic mass is 9.75. The Kier molecular flexibility index (Phi) is 6.30. The molecule has 0 aliphatic heterocycles. The van der Waals surface area contributed by atoms with E-state index in [0.717, 1.165) is 0 Å². The number of aromatic nitrogens is 2. The van der Waals surface area contributed by atoms with Gasteiger partial charge in [-0.3, -0.25) is 4.79 Å². The minimum atomic E-state index is -1.51. The zero-order valence-corrected chi connectivity index (χ0v) is 14.3. The number of urea groups is 1. The van der Waals surface area contributed by atoms with Gasteiger partial charge in [-0.25, -0.2) is 9.59 Å². The van der Waals surface area contributed by atoms with Crippen molar-refractivity contribution in [2.45, 2.75) is 49.4 Å². The third-order valence-electron chi connectivity index (χ3n) is 4.14. The van der Waals surface area contributed by atoms with Crippen LogP contribution in [-0.2, 0) is 15.1 Å². The molecule has 9 N–H and O–H groups in total. The standard InChI is InChI=1S/C14H22N6O7/c15-9(23)2-1-7(17-13(26)18-8(5-21)11(24)25)10-19-20-12(27-10)14(16)3-6(22)4-14/h6-8,21-22H,1-5,16H2,(H2,15,23)(H,24,25)(H2,17,18,26). The van der Waals surface area contributed by atoms with Crippen molar-refractivity contribution in [2.75, 3.05) is 6.61 Å². The summed E-state index contributed by atoms with van der Waals surface area (Å²) in [6.07, 6.45) is -0.179. The minimum absolute atomic E-state index is 0.0153. The highest BCUT2D eigenvalue weighted by atomic mass is 16.4. The molecule has 150 valence electrons. The van der Waals surface area contributed by atoms with Crippen molar-refractivity contribution in [3.63, 3.8) is 0 Å². The van der Waals surface area contributed by atoms with Gasteiger partial charge < -0.3 is 41.8 Å². The van der Waals surface area contributed by atoms with Crippen molar-refractivity contribution in [3.8, 4) is 0 Å². The number of carbonyl (C=O) groups is 3. The van der Waals surface area contributed by atoms with Crippen LogP contribution >= 0.6 is 0 Å². The van der Waals surface area contributed by atoms with E-state index < -0.39 is 48.2 Å². The number of nitrogens with one attached hydrogen (secondary N) is 2. The highest BCUT2D eigenvalue weighted by Crippen LogP contribution is 2.38. The van der Waals surface area contributed by atoms with Crippen LogP contribution in [0.3, 0.4) is 0 Å². The van der Waals surface area contributed by atoms with Gasteiger partial charge in [-0.15, -0.1) is 10.2 Å². The number of rotatable bonds is 9. The molecule has 1 aromatic rings. The maximum Gasteiger partial charge on any atom is 0.328 e. The molecule has 27 heavy (non-hydrogen) atoms. The van der Waals surface area contributed by atoms with E-state index in [1.54, 1.807) is 0 Å². The number of carboxylic acids is 1. The smallest absolute Gasteiger partial charge is 0.328 e. The number of aliphatic hydroxyl groups excluding tert-OH is 2. The normalized spacial score (nSPS) is 23.7. The fourth-order valence-corrected chi connectivity index (χ4v) is 2.62. The first-order valence-corrected chi connectivity index (χ1v) is 8.14. The molecular formula is C14H22N6O7. The summed E-state index contributed by atoms with van der Waals surface area (Å²) >= 11 is 0. The predicted molar refractivity (Wildman–Crippen MR) is 86.8 cm³/mol. The summed E-state index contributed by atoms with van der Waals surface area (Å²) in [4.78, 5) is 33.9. The molecule has 1 aromatic heterocycles. The summed E-state index contributed by atoms with van der Waals surface area (Å²) in [5.74, 6) is -2.02. The first-order valence-electron chi connectivity index (χ1n) is 8.14. The fraction of sp³-hybridized carbons (Fsp3) is 0.643. The van der Waals surface area contributed by atoms with Gasteiger partial charge in [-0.2, -0.15) is 0 Å². The third kappa shape index (κ3) is 5.12. The second-order valence-electron chi connectivity index (χ2n) is 6.41. The zero-order valence-electron chi connectivity index (χ0n) is 14.3. The number of nitrogens with two attached hydrogens (primary N) is 2. The molecule has 13 heteroatoms. The average molecular weight is 386 g/mol. The summed E-state index contributed by atoms with van der Waals surface area (Å²) in [7, 11) is 0. The Morgan fingerprint density at radius 1 is 1.30 bits per heavy atom. The van der Waals surface area contributed by atoms with Gasteiger partial charge in [-0.05, 0) is 6.42 Å². The summed E-state index contributed by atoms with van der Waals surface area (Å²) in [5, 5.41) is 39.3. The van der Waals surface area contributed by atoms with Gasteiger partial charge in [0.1, 0.15) is 6.04 Å². The summed E-state index contributed by atoms with van der Waals surface area (Å²) in [6, 6.07) is -3.38. The highest BCUT2D eigenvalue weighted by Gasteiger charge is 2.46. The van der Waals surface area contributed by atoms with Crippen LogP contribution in [0.1, 0.15) is 43.5 Å². The van der Waals surface area contributed by atoms with Crippen molar-refractivity contribution in [2.24, 2.45) is 11.5 Å². The molecule has 2 rings (SSSR count). The second-order valence-corrected chi connectivity index (χ2v) is 6.41. The second kappa shape index (κ2) is 8.28. The lowest BCUT2D eigenvalue weighted by molar-refractivity contribution is -0.140. The van der Waals surface area contributed by atoms with E-state index in [0.29, 0.717) is 0 Å². The maximum absolute atomic E-state index is 12.0. The van der Waals surface area contributed by atoms with Crippen molar-refractivity contribution >= 4 is 17.9 Å². The number of primary amides is 1.